The largest absolute Gasteiger partial charge is 0.384 e. The number of nitrogens with zero attached hydrogens (tertiary/aromatic N) is 1. The van der Waals surface area contributed by atoms with E-state index in [0.29, 0.717) is 24.5 Å². The maximum absolute atomic E-state index is 9.96. The fourth-order valence-electron chi connectivity index (χ4n) is 1.16. The van der Waals surface area contributed by atoms with Gasteiger partial charge < -0.3 is 15.8 Å². The number of nitrogens with one attached hydrogen (secondary N) is 1. The summed E-state index contributed by atoms with van der Waals surface area (Å²) in [5.74, 6) is 1.05. The van der Waals surface area contributed by atoms with Gasteiger partial charge >= 0.3 is 0 Å². The maximum atomic E-state index is 9.96. The first kappa shape index (κ1) is 9.06. The van der Waals surface area contributed by atoms with Crippen LogP contribution in [0.5, 0.6) is 0 Å². The summed E-state index contributed by atoms with van der Waals surface area (Å²) in [4.78, 5) is 6.83. The number of aromatic amines is 1. The van der Waals surface area contributed by atoms with Crippen molar-refractivity contribution in [2.45, 2.75) is 32.3 Å². The summed E-state index contributed by atoms with van der Waals surface area (Å²) < 4.78 is 0. The summed E-state index contributed by atoms with van der Waals surface area (Å²) in [5.41, 5.74) is 4.61. The molecule has 0 spiro atoms. The molecule has 4 heteroatoms. The quantitative estimate of drug-likeness (QED) is 0.631. The van der Waals surface area contributed by atoms with E-state index in [-0.39, 0.29) is 0 Å². The van der Waals surface area contributed by atoms with E-state index in [9.17, 15) is 5.11 Å². The number of H-pyrrole nitrogens is 1. The van der Waals surface area contributed by atoms with Crippen LogP contribution in [-0.4, -0.2) is 15.1 Å². The summed E-state index contributed by atoms with van der Waals surface area (Å²) in [6.07, 6.45) is 2.79. The highest BCUT2D eigenvalue weighted by Crippen LogP contribution is 2.25. The zero-order valence-electron chi connectivity index (χ0n) is 7.46. The molecule has 1 aromatic heterocycles. The van der Waals surface area contributed by atoms with Crippen molar-refractivity contribution < 1.29 is 5.11 Å². The molecule has 0 unspecified atom stereocenters. The third-order valence-corrected chi connectivity index (χ3v) is 2.21. The summed E-state index contributed by atoms with van der Waals surface area (Å²) in [7, 11) is 0. The first-order valence-corrected chi connectivity index (χ1v) is 4.15. The van der Waals surface area contributed by atoms with Gasteiger partial charge in [0.15, 0.2) is 0 Å². The fourth-order valence-corrected chi connectivity index (χ4v) is 1.16. The smallest absolute Gasteiger partial charge is 0.139 e. The summed E-state index contributed by atoms with van der Waals surface area (Å²) >= 11 is 0. The molecule has 0 amide bonds. The molecule has 12 heavy (non-hydrogen) atoms. The van der Waals surface area contributed by atoms with Gasteiger partial charge in [-0.1, -0.05) is 13.8 Å². The van der Waals surface area contributed by atoms with Crippen LogP contribution in [0.2, 0.25) is 0 Å². The number of aliphatic hydroxyl groups is 1. The zero-order valence-corrected chi connectivity index (χ0v) is 7.46. The van der Waals surface area contributed by atoms with Gasteiger partial charge in [-0.25, -0.2) is 4.98 Å². The van der Waals surface area contributed by atoms with Gasteiger partial charge in [0.2, 0.25) is 0 Å². The van der Waals surface area contributed by atoms with Crippen LogP contribution in [0.15, 0.2) is 6.20 Å². The molecule has 4 nitrogen and oxygen atoms in total. The van der Waals surface area contributed by atoms with Crippen LogP contribution in [-0.2, 0) is 5.60 Å². The van der Waals surface area contributed by atoms with E-state index in [0.717, 1.165) is 0 Å². The number of nitrogens with two attached hydrogens (primary N) is 1. The molecule has 0 aliphatic carbocycles. The Morgan fingerprint density at radius 2 is 2.17 bits per heavy atom. The molecule has 0 saturated heterocycles. The molecule has 0 radical (unpaired) electrons. The molecule has 0 aliphatic rings. The van der Waals surface area contributed by atoms with Crippen molar-refractivity contribution in [3.05, 3.63) is 12.0 Å². The van der Waals surface area contributed by atoms with Crippen molar-refractivity contribution in [3.8, 4) is 0 Å². The highest BCUT2D eigenvalue weighted by Gasteiger charge is 2.27. The lowest BCUT2D eigenvalue weighted by Gasteiger charge is -2.21. The molecular formula is C8H15N3O. The van der Waals surface area contributed by atoms with Gasteiger partial charge in [-0.15, -0.1) is 0 Å². The lowest BCUT2D eigenvalue weighted by Crippen LogP contribution is -2.25. The molecular weight excluding hydrogens is 154 g/mol. The van der Waals surface area contributed by atoms with Crippen molar-refractivity contribution in [2.75, 3.05) is 5.73 Å². The predicted octanol–water partition coefficient (Wildman–Crippen LogP) is 1.000. The van der Waals surface area contributed by atoms with Crippen LogP contribution in [0.3, 0.4) is 0 Å². The summed E-state index contributed by atoms with van der Waals surface area (Å²) in [6, 6.07) is 0. The lowest BCUT2D eigenvalue weighted by molar-refractivity contribution is 0.0202. The number of hydrogen-bond acceptors (Lipinski definition) is 3. The molecule has 0 bridgehead atoms. The predicted molar refractivity (Wildman–Crippen MR) is 47.5 cm³/mol. The third kappa shape index (κ3) is 1.43. The Bertz CT molecular complexity index is 253. The zero-order chi connectivity index (χ0) is 9.19. The Balaban J connectivity index is 2.94. The van der Waals surface area contributed by atoms with E-state index >= 15 is 0 Å². The van der Waals surface area contributed by atoms with Crippen molar-refractivity contribution in [1.82, 2.24) is 9.97 Å². The topological polar surface area (TPSA) is 74.9 Å². The standard InChI is InChI=1S/C8H15N3O/c1-3-8(12,4-2)7-10-5-6(9)11-7/h5,12H,3-4,9H2,1-2H3,(H,10,11). The lowest BCUT2D eigenvalue weighted by atomic mass is 9.97. The molecule has 0 saturated carbocycles. The van der Waals surface area contributed by atoms with Gasteiger partial charge in [0.1, 0.15) is 17.2 Å². The second-order valence-electron chi connectivity index (χ2n) is 2.93. The minimum Gasteiger partial charge on any atom is -0.384 e. The van der Waals surface area contributed by atoms with Crippen molar-refractivity contribution >= 4 is 5.82 Å². The Hall–Kier alpha value is -1.03. The molecule has 1 aromatic rings. The van der Waals surface area contributed by atoms with E-state index in [1.807, 2.05) is 13.8 Å². The number of rotatable bonds is 3. The summed E-state index contributed by atoms with van der Waals surface area (Å²) in [6.45, 7) is 3.84. The average molecular weight is 169 g/mol. The first-order chi connectivity index (χ1) is 5.62. The van der Waals surface area contributed by atoms with Gasteiger partial charge in [0, 0.05) is 0 Å². The highest BCUT2D eigenvalue weighted by atomic mass is 16.3. The molecule has 68 valence electrons. The number of imidazole rings is 1. The molecule has 0 fully saturated rings. The monoisotopic (exact) mass is 169 g/mol. The number of aromatic nitrogens is 2. The minimum absolute atomic E-state index is 0.491. The Labute approximate surface area is 71.8 Å². The fraction of sp³-hybridized carbons (Fsp3) is 0.625. The molecule has 0 atom stereocenters. The number of anilines is 1. The molecule has 0 aliphatic heterocycles. The summed E-state index contributed by atoms with van der Waals surface area (Å²) in [5, 5.41) is 9.96. The van der Waals surface area contributed by atoms with Crippen LogP contribution in [0.25, 0.3) is 0 Å². The Kier molecular flexibility index (Phi) is 2.38. The van der Waals surface area contributed by atoms with Crippen LogP contribution in [0, 0.1) is 0 Å². The van der Waals surface area contributed by atoms with E-state index < -0.39 is 5.60 Å². The average Bonchev–Trinajstić information content (AvgIpc) is 2.51. The van der Waals surface area contributed by atoms with Crippen LogP contribution < -0.4 is 5.73 Å². The molecule has 1 rings (SSSR count). The van der Waals surface area contributed by atoms with Gasteiger partial charge in [0.25, 0.3) is 0 Å². The number of nitrogen functional groups attached to an aromatic ring is 1. The minimum atomic E-state index is -0.850. The van der Waals surface area contributed by atoms with E-state index in [1.54, 1.807) is 0 Å². The van der Waals surface area contributed by atoms with Gasteiger partial charge in [0.05, 0.1) is 6.20 Å². The van der Waals surface area contributed by atoms with E-state index in [4.69, 9.17) is 5.73 Å². The second kappa shape index (κ2) is 3.15. The van der Waals surface area contributed by atoms with Crippen molar-refractivity contribution in [3.63, 3.8) is 0 Å². The normalized spacial score (nSPS) is 11.9. The van der Waals surface area contributed by atoms with E-state index in [2.05, 4.69) is 9.97 Å². The SMILES string of the molecule is CCC(O)(CC)c1ncc(N)[nH]1. The molecule has 4 N–H and O–H groups in total. The van der Waals surface area contributed by atoms with Crippen molar-refractivity contribution in [2.24, 2.45) is 0 Å². The third-order valence-electron chi connectivity index (χ3n) is 2.21. The second-order valence-corrected chi connectivity index (χ2v) is 2.93. The van der Waals surface area contributed by atoms with Crippen LogP contribution in [0.4, 0.5) is 5.82 Å². The van der Waals surface area contributed by atoms with Gasteiger partial charge in [-0.2, -0.15) is 0 Å². The Morgan fingerprint density at radius 3 is 2.50 bits per heavy atom. The molecule has 1 heterocycles. The Morgan fingerprint density at radius 1 is 1.58 bits per heavy atom. The van der Waals surface area contributed by atoms with Crippen molar-refractivity contribution in [1.29, 1.82) is 0 Å². The first-order valence-electron chi connectivity index (χ1n) is 4.15. The number of hydrogen-bond donors (Lipinski definition) is 3. The van der Waals surface area contributed by atoms with E-state index in [1.165, 1.54) is 6.20 Å². The highest BCUT2D eigenvalue weighted by molar-refractivity contribution is 5.26. The van der Waals surface area contributed by atoms with Gasteiger partial charge in [-0.05, 0) is 12.8 Å². The van der Waals surface area contributed by atoms with Crippen LogP contribution >= 0.6 is 0 Å². The van der Waals surface area contributed by atoms with Gasteiger partial charge in [-0.3, -0.25) is 0 Å². The van der Waals surface area contributed by atoms with Crippen LogP contribution in [0.1, 0.15) is 32.5 Å². The molecule has 0 aromatic carbocycles. The maximum Gasteiger partial charge on any atom is 0.139 e.